The minimum Gasteiger partial charge on any atom is -0.508 e. The molecule has 4 nitrogen and oxygen atoms in total. The van der Waals surface area contributed by atoms with E-state index >= 15 is 0 Å². The summed E-state index contributed by atoms with van der Waals surface area (Å²) >= 11 is 5.09. The molecule has 0 fully saturated rings. The average molecular weight is 398 g/mol. The molecule has 118 valence electrons. The molecule has 2 aromatic heterocycles. The van der Waals surface area contributed by atoms with Crippen LogP contribution in [-0.2, 0) is 0 Å². The predicted molar refractivity (Wildman–Crippen MR) is 99.3 cm³/mol. The van der Waals surface area contributed by atoms with Crippen LogP contribution in [0.1, 0.15) is 0 Å². The molecule has 0 aliphatic carbocycles. The lowest BCUT2D eigenvalue weighted by Gasteiger charge is -2.02. The van der Waals surface area contributed by atoms with Gasteiger partial charge in [0.05, 0.1) is 5.39 Å². The Kier molecular flexibility index (Phi) is 4.00. The number of aromatic nitrogens is 3. The van der Waals surface area contributed by atoms with E-state index in [1.165, 1.54) is 0 Å². The Balaban J connectivity index is 1.76. The molecule has 4 rings (SSSR count). The van der Waals surface area contributed by atoms with Crippen LogP contribution in [0.5, 0.6) is 5.75 Å². The van der Waals surface area contributed by atoms with E-state index in [0.717, 1.165) is 36.7 Å². The third-order valence-electron chi connectivity index (χ3n) is 3.58. The summed E-state index contributed by atoms with van der Waals surface area (Å²) in [5.74, 6) is 0.251. The molecule has 2 N–H and O–H groups in total. The van der Waals surface area contributed by atoms with Crippen LogP contribution in [0.25, 0.3) is 22.3 Å². The molecule has 0 saturated heterocycles. The third-order valence-corrected chi connectivity index (χ3v) is 5.08. The molecule has 24 heavy (non-hydrogen) atoms. The van der Waals surface area contributed by atoms with Crippen LogP contribution in [0.2, 0.25) is 0 Å². The summed E-state index contributed by atoms with van der Waals surface area (Å²) in [5.41, 5.74) is 2.73. The third kappa shape index (κ3) is 3.02. The SMILES string of the molecule is Oc1ccc(-c2cc3c(Sc4cccc(Br)c4)ncnc3[nH]2)cc1. The molecule has 2 aromatic carbocycles. The van der Waals surface area contributed by atoms with Crippen molar-refractivity contribution in [3.05, 3.63) is 65.4 Å². The zero-order valence-corrected chi connectivity index (χ0v) is 14.8. The van der Waals surface area contributed by atoms with E-state index in [1.54, 1.807) is 30.2 Å². The summed E-state index contributed by atoms with van der Waals surface area (Å²) in [6.45, 7) is 0. The molecule has 0 saturated carbocycles. The van der Waals surface area contributed by atoms with E-state index < -0.39 is 0 Å². The quantitative estimate of drug-likeness (QED) is 0.463. The number of nitrogens with one attached hydrogen (secondary N) is 1. The van der Waals surface area contributed by atoms with Gasteiger partial charge < -0.3 is 10.1 Å². The summed E-state index contributed by atoms with van der Waals surface area (Å²) < 4.78 is 1.04. The smallest absolute Gasteiger partial charge is 0.142 e. The zero-order chi connectivity index (χ0) is 16.5. The van der Waals surface area contributed by atoms with Crippen molar-refractivity contribution in [2.24, 2.45) is 0 Å². The van der Waals surface area contributed by atoms with Crippen molar-refractivity contribution >= 4 is 38.7 Å². The van der Waals surface area contributed by atoms with Crippen molar-refractivity contribution in [1.82, 2.24) is 15.0 Å². The predicted octanol–water partition coefficient (Wildman–Crippen LogP) is 5.24. The van der Waals surface area contributed by atoms with Gasteiger partial charge in [0.1, 0.15) is 22.7 Å². The lowest BCUT2D eigenvalue weighted by Crippen LogP contribution is -1.84. The van der Waals surface area contributed by atoms with Gasteiger partial charge in [-0.25, -0.2) is 9.97 Å². The van der Waals surface area contributed by atoms with Crippen LogP contribution in [0, 0.1) is 0 Å². The van der Waals surface area contributed by atoms with Gasteiger partial charge in [0, 0.05) is 15.1 Å². The van der Waals surface area contributed by atoms with Crippen LogP contribution >= 0.6 is 27.7 Å². The van der Waals surface area contributed by atoms with E-state index in [0.29, 0.717) is 0 Å². The normalized spacial score (nSPS) is 11.0. The number of rotatable bonds is 3. The molecule has 0 aliphatic rings. The maximum absolute atomic E-state index is 9.43. The molecule has 0 amide bonds. The van der Waals surface area contributed by atoms with Gasteiger partial charge in [-0.1, -0.05) is 33.8 Å². The highest BCUT2D eigenvalue weighted by atomic mass is 79.9. The topological polar surface area (TPSA) is 61.8 Å². The Morgan fingerprint density at radius 3 is 2.62 bits per heavy atom. The number of fused-ring (bicyclic) bond motifs is 1. The fourth-order valence-electron chi connectivity index (χ4n) is 2.44. The van der Waals surface area contributed by atoms with E-state index in [1.807, 2.05) is 30.3 Å². The summed E-state index contributed by atoms with van der Waals surface area (Å²) in [6.07, 6.45) is 1.57. The first-order valence-corrected chi connectivity index (χ1v) is 8.86. The molecule has 0 unspecified atom stereocenters. The van der Waals surface area contributed by atoms with Crippen LogP contribution < -0.4 is 0 Å². The van der Waals surface area contributed by atoms with Crippen LogP contribution in [0.15, 0.2) is 75.3 Å². The molecule has 2 heterocycles. The zero-order valence-electron chi connectivity index (χ0n) is 12.4. The highest BCUT2D eigenvalue weighted by Crippen LogP contribution is 2.34. The summed E-state index contributed by atoms with van der Waals surface area (Å²) in [6, 6.07) is 17.2. The van der Waals surface area contributed by atoms with Gasteiger partial charge in [-0.05, 0) is 54.1 Å². The van der Waals surface area contributed by atoms with Gasteiger partial charge >= 0.3 is 0 Å². The van der Waals surface area contributed by atoms with Crippen LogP contribution in [0.4, 0.5) is 0 Å². The molecular formula is C18H12BrN3OS. The largest absolute Gasteiger partial charge is 0.508 e. The fourth-order valence-corrected chi connectivity index (χ4v) is 3.91. The number of phenols is 1. The highest BCUT2D eigenvalue weighted by Gasteiger charge is 2.11. The maximum atomic E-state index is 9.43. The van der Waals surface area contributed by atoms with E-state index in [4.69, 9.17) is 0 Å². The van der Waals surface area contributed by atoms with Crippen molar-refractivity contribution in [2.45, 2.75) is 9.92 Å². The highest BCUT2D eigenvalue weighted by molar-refractivity contribution is 9.10. The van der Waals surface area contributed by atoms with Gasteiger partial charge in [0.25, 0.3) is 0 Å². The Morgan fingerprint density at radius 2 is 1.83 bits per heavy atom. The number of hydrogen-bond acceptors (Lipinski definition) is 4. The van der Waals surface area contributed by atoms with Gasteiger partial charge in [0.2, 0.25) is 0 Å². The first kappa shape index (κ1) is 15.2. The van der Waals surface area contributed by atoms with Crippen LogP contribution in [0.3, 0.4) is 0 Å². The molecule has 4 aromatic rings. The minimum absolute atomic E-state index is 0.251. The Bertz CT molecular complexity index is 1010. The number of halogens is 1. The molecule has 0 radical (unpaired) electrons. The van der Waals surface area contributed by atoms with E-state index in [-0.39, 0.29) is 5.75 Å². The lowest BCUT2D eigenvalue weighted by molar-refractivity contribution is 0.475. The van der Waals surface area contributed by atoms with Crippen molar-refractivity contribution < 1.29 is 5.11 Å². The summed E-state index contributed by atoms with van der Waals surface area (Å²) in [7, 11) is 0. The van der Waals surface area contributed by atoms with Crippen LogP contribution in [-0.4, -0.2) is 20.1 Å². The Morgan fingerprint density at radius 1 is 1.00 bits per heavy atom. The van der Waals surface area contributed by atoms with Gasteiger partial charge in [0.15, 0.2) is 0 Å². The lowest BCUT2D eigenvalue weighted by atomic mass is 10.1. The van der Waals surface area contributed by atoms with E-state index in [2.05, 4.69) is 43.0 Å². The minimum atomic E-state index is 0.251. The fraction of sp³-hybridized carbons (Fsp3) is 0. The first-order valence-electron chi connectivity index (χ1n) is 7.25. The summed E-state index contributed by atoms with van der Waals surface area (Å²) in [5, 5.41) is 11.3. The van der Waals surface area contributed by atoms with Crippen molar-refractivity contribution in [1.29, 1.82) is 0 Å². The van der Waals surface area contributed by atoms with Gasteiger partial charge in [-0.15, -0.1) is 0 Å². The molecular weight excluding hydrogens is 386 g/mol. The number of hydrogen-bond donors (Lipinski definition) is 2. The molecule has 0 atom stereocenters. The Labute approximate surface area is 151 Å². The van der Waals surface area contributed by atoms with E-state index in [9.17, 15) is 5.11 Å². The monoisotopic (exact) mass is 397 g/mol. The average Bonchev–Trinajstić information content (AvgIpc) is 3.01. The second kappa shape index (κ2) is 6.30. The van der Waals surface area contributed by atoms with Crippen molar-refractivity contribution in [2.75, 3.05) is 0 Å². The summed E-state index contributed by atoms with van der Waals surface area (Å²) in [4.78, 5) is 13.2. The van der Waals surface area contributed by atoms with Gasteiger partial charge in [-0.3, -0.25) is 0 Å². The van der Waals surface area contributed by atoms with Crippen molar-refractivity contribution in [3.63, 3.8) is 0 Å². The number of aromatic hydroxyl groups is 1. The maximum Gasteiger partial charge on any atom is 0.142 e. The van der Waals surface area contributed by atoms with Gasteiger partial charge in [-0.2, -0.15) is 0 Å². The molecule has 0 spiro atoms. The number of nitrogens with zero attached hydrogens (tertiary/aromatic N) is 2. The standard InChI is InChI=1S/C18H12BrN3OS/c19-12-2-1-3-14(8-12)24-18-15-9-16(22-17(15)20-10-21-18)11-4-6-13(23)7-5-11/h1-10,23H,(H,20,21,22). The molecule has 0 bridgehead atoms. The van der Waals surface area contributed by atoms with Crippen molar-refractivity contribution in [3.8, 4) is 17.0 Å². The number of H-pyrrole nitrogens is 1. The number of benzene rings is 2. The Hall–Kier alpha value is -2.31. The molecule has 6 heteroatoms. The number of phenolic OH excluding ortho intramolecular Hbond substituents is 1. The molecule has 0 aliphatic heterocycles. The second-order valence-corrected chi connectivity index (χ2v) is 7.21. The number of aromatic amines is 1. The first-order chi connectivity index (χ1) is 11.7. The second-order valence-electron chi connectivity index (χ2n) is 5.23.